The summed E-state index contributed by atoms with van der Waals surface area (Å²) >= 11 is 7.63. The minimum atomic E-state index is -1.39. The summed E-state index contributed by atoms with van der Waals surface area (Å²) < 4.78 is 19.0. The molecule has 1 saturated heterocycles. The number of hydrogen-bond donors (Lipinski definition) is 1. The number of nitrogens with one attached hydrogen (secondary N) is 1. The fourth-order valence-corrected chi connectivity index (χ4v) is 4.63. The molecule has 1 N–H and O–H groups in total. The quantitative estimate of drug-likeness (QED) is 0.867. The Balaban J connectivity index is 1.73. The van der Waals surface area contributed by atoms with Crippen LogP contribution in [0.25, 0.3) is 0 Å². The molecule has 0 saturated carbocycles. The van der Waals surface area contributed by atoms with Gasteiger partial charge >= 0.3 is 0 Å². The molecule has 2 unspecified atom stereocenters. The fraction of sp³-hybridized carbons (Fsp3) is 0.467. The van der Waals surface area contributed by atoms with Crippen molar-refractivity contribution >= 4 is 39.3 Å². The molecule has 1 aromatic heterocycles. The lowest BCUT2D eigenvalue weighted by Gasteiger charge is -2.33. The molecule has 1 aliphatic heterocycles. The lowest BCUT2D eigenvalue weighted by Crippen LogP contribution is -2.32. The van der Waals surface area contributed by atoms with Crippen molar-refractivity contribution in [3.8, 4) is 0 Å². The highest BCUT2D eigenvalue weighted by atomic mass is 35.5. The Morgan fingerprint density at radius 3 is 2.78 bits per heavy atom. The first-order valence-corrected chi connectivity index (χ1v) is 9.94. The Morgan fingerprint density at radius 1 is 1.35 bits per heavy atom. The van der Waals surface area contributed by atoms with Crippen molar-refractivity contribution in [1.29, 1.82) is 0 Å². The molecule has 2 heterocycles. The van der Waals surface area contributed by atoms with Gasteiger partial charge in [-0.1, -0.05) is 24.1 Å². The average molecular weight is 371 g/mol. The van der Waals surface area contributed by atoms with E-state index in [1.54, 1.807) is 6.07 Å². The summed E-state index contributed by atoms with van der Waals surface area (Å²) in [5.41, 5.74) is 1.09. The van der Waals surface area contributed by atoms with E-state index in [0.717, 1.165) is 18.7 Å². The SMILES string of the molecule is CC(c1ccc(S(=O)Nc2ncns2)cc1Cl)N1CCCCC1. The van der Waals surface area contributed by atoms with Crippen LogP contribution in [0.4, 0.5) is 5.13 Å². The van der Waals surface area contributed by atoms with E-state index >= 15 is 0 Å². The van der Waals surface area contributed by atoms with Gasteiger partial charge in [0.25, 0.3) is 0 Å². The highest BCUT2D eigenvalue weighted by Crippen LogP contribution is 2.31. The topological polar surface area (TPSA) is 58.1 Å². The molecule has 0 bridgehead atoms. The van der Waals surface area contributed by atoms with Crippen molar-refractivity contribution in [2.24, 2.45) is 0 Å². The van der Waals surface area contributed by atoms with Gasteiger partial charge < -0.3 is 0 Å². The Morgan fingerprint density at radius 2 is 2.13 bits per heavy atom. The van der Waals surface area contributed by atoms with E-state index in [9.17, 15) is 4.21 Å². The van der Waals surface area contributed by atoms with Crippen LogP contribution in [0.1, 0.15) is 37.8 Å². The second-order valence-corrected chi connectivity index (χ2v) is 7.97. The summed E-state index contributed by atoms with van der Waals surface area (Å²) in [5.74, 6) is 0. The van der Waals surface area contributed by atoms with Gasteiger partial charge in [-0.3, -0.25) is 9.62 Å². The van der Waals surface area contributed by atoms with Crippen LogP contribution < -0.4 is 4.72 Å². The van der Waals surface area contributed by atoms with E-state index in [4.69, 9.17) is 11.6 Å². The van der Waals surface area contributed by atoms with Gasteiger partial charge in [-0.05, 0) is 50.6 Å². The standard InChI is InChI=1S/C15H19ClN4OS2/c1-11(20-7-3-2-4-8-20)13-6-5-12(9-14(13)16)23(21)19-15-17-10-18-22-15/h5-6,9-11H,2-4,7-8H2,1H3,(H,17,18,19). The summed E-state index contributed by atoms with van der Waals surface area (Å²) in [7, 11) is -1.39. The van der Waals surface area contributed by atoms with Crippen LogP contribution in [0, 0.1) is 0 Å². The summed E-state index contributed by atoms with van der Waals surface area (Å²) in [6.45, 7) is 4.41. The minimum Gasteiger partial charge on any atom is -0.297 e. The maximum absolute atomic E-state index is 12.3. The van der Waals surface area contributed by atoms with Crippen molar-refractivity contribution in [2.75, 3.05) is 17.8 Å². The zero-order valence-electron chi connectivity index (χ0n) is 12.9. The van der Waals surface area contributed by atoms with Gasteiger partial charge in [-0.25, -0.2) is 9.19 Å². The second-order valence-electron chi connectivity index (χ2n) is 5.57. The van der Waals surface area contributed by atoms with Crippen molar-refractivity contribution in [1.82, 2.24) is 14.3 Å². The van der Waals surface area contributed by atoms with Crippen LogP contribution in [0.2, 0.25) is 5.02 Å². The van der Waals surface area contributed by atoms with Crippen LogP contribution in [0.5, 0.6) is 0 Å². The third kappa shape index (κ3) is 4.09. The number of nitrogens with zero attached hydrogens (tertiary/aromatic N) is 3. The predicted octanol–water partition coefficient (Wildman–Crippen LogP) is 3.87. The Labute approximate surface area is 147 Å². The van der Waals surface area contributed by atoms with Crippen LogP contribution in [0.15, 0.2) is 29.4 Å². The molecule has 0 aliphatic carbocycles. The largest absolute Gasteiger partial charge is 0.297 e. The van der Waals surface area contributed by atoms with Gasteiger partial charge in [0, 0.05) is 22.6 Å². The number of benzene rings is 1. The number of likely N-dealkylation sites (tertiary alicyclic amines) is 1. The third-order valence-corrected chi connectivity index (χ3v) is 6.21. The molecule has 1 aliphatic rings. The van der Waals surface area contributed by atoms with Crippen molar-refractivity contribution < 1.29 is 4.21 Å². The van der Waals surface area contributed by atoms with Gasteiger partial charge in [-0.15, -0.1) is 0 Å². The Bertz CT molecular complexity index is 674. The third-order valence-electron chi connectivity index (χ3n) is 4.12. The van der Waals surface area contributed by atoms with Gasteiger partial charge in [0.1, 0.15) is 6.33 Å². The van der Waals surface area contributed by atoms with Gasteiger partial charge in [0.2, 0.25) is 5.13 Å². The number of hydrogen-bond acceptors (Lipinski definition) is 5. The smallest absolute Gasteiger partial charge is 0.214 e. The van der Waals surface area contributed by atoms with Crippen molar-refractivity contribution in [3.63, 3.8) is 0 Å². The maximum atomic E-state index is 12.3. The molecule has 0 spiro atoms. The maximum Gasteiger partial charge on any atom is 0.214 e. The molecule has 2 atom stereocenters. The van der Waals surface area contributed by atoms with Crippen LogP contribution in [0.3, 0.4) is 0 Å². The van der Waals surface area contributed by atoms with Crippen molar-refractivity contribution in [2.45, 2.75) is 37.1 Å². The molecular weight excluding hydrogens is 352 g/mol. The summed E-state index contributed by atoms with van der Waals surface area (Å²) in [6.07, 6.45) is 5.23. The number of piperidine rings is 1. The van der Waals surface area contributed by atoms with E-state index < -0.39 is 11.0 Å². The fourth-order valence-electron chi connectivity index (χ4n) is 2.82. The van der Waals surface area contributed by atoms with Crippen LogP contribution in [-0.4, -0.2) is 31.6 Å². The monoisotopic (exact) mass is 370 g/mol. The number of halogens is 1. The summed E-state index contributed by atoms with van der Waals surface area (Å²) in [4.78, 5) is 7.07. The molecule has 2 aromatic rings. The van der Waals surface area contributed by atoms with Gasteiger partial charge in [0.15, 0.2) is 11.0 Å². The molecule has 8 heteroatoms. The molecule has 124 valence electrons. The van der Waals surface area contributed by atoms with E-state index in [1.165, 1.54) is 37.1 Å². The van der Waals surface area contributed by atoms with E-state index in [1.807, 2.05) is 12.1 Å². The summed E-state index contributed by atoms with van der Waals surface area (Å²) in [6, 6.07) is 5.91. The first-order chi connectivity index (χ1) is 11.1. The first kappa shape index (κ1) is 16.8. The Kier molecular flexibility index (Phi) is 5.63. The lowest BCUT2D eigenvalue weighted by atomic mass is 10.0. The number of rotatable bonds is 5. The molecule has 1 aromatic carbocycles. The molecular formula is C15H19ClN4OS2. The Hall–Kier alpha value is -1.02. The van der Waals surface area contributed by atoms with E-state index in [2.05, 4.69) is 25.9 Å². The second kappa shape index (κ2) is 7.70. The number of anilines is 1. The number of aromatic nitrogens is 2. The summed E-state index contributed by atoms with van der Waals surface area (Å²) in [5, 5.41) is 1.19. The lowest BCUT2D eigenvalue weighted by molar-refractivity contribution is 0.175. The first-order valence-electron chi connectivity index (χ1n) is 7.64. The highest BCUT2D eigenvalue weighted by Gasteiger charge is 2.20. The van der Waals surface area contributed by atoms with Crippen LogP contribution >= 0.6 is 23.1 Å². The molecule has 3 rings (SSSR count). The molecule has 23 heavy (non-hydrogen) atoms. The molecule has 0 radical (unpaired) electrons. The zero-order valence-corrected chi connectivity index (χ0v) is 15.3. The predicted molar refractivity (Wildman–Crippen MR) is 95.2 cm³/mol. The normalized spacial score (nSPS) is 18.5. The minimum absolute atomic E-state index is 0.279. The zero-order chi connectivity index (χ0) is 16.2. The van der Waals surface area contributed by atoms with Gasteiger partial charge in [0.05, 0.1) is 4.90 Å². The molecule has 1 fully saturated rings. The van der Waals surface area contributed by atoms with E-state index in [0.29, 0.717) is 15.0 Å². The van der Waals surface area contributed by atoms with E-state index in [-0.39, 0.29) is 6.04 Å². The molecule has 5 nitrogen and oxygen atoms in total. The van der Waals surface area contributed by atoms with Gasteiger partial charge in [-0.2, -0.15) is 4.37 Å². The van der Waals surface area contributed by atoms with Crippen LogP contribution in [-0.2, 0) is 11.0 Å². The average Bonchev–Trinajstić information content (AvgIpc) is 3.08. The molecule has 0 amide bonds. The highest BCUT2D eigenvalue weighted by molar-refractivity contribution is 7.86. The van der Waals surface area contributed by atoms with Crippen molar-refractivity contribution in [3.05, 3.63) is 35.1 Å².